The summed E-state index contributed by atoms with van der Waals surface area (Å²) in [6, 6.07) is 6.56. The van der Waals surface area contributed by atoms with Gasteiger partial charge in [-0.2, -0.15) is 0 Å². The molecule has 2 aromatic rings. The summed E-state index contributed by atoms with van der Waals surface area (Å²) in [5.74, 6) is -0.657. The molecule has 1 fully saturated rings. The van der Waals surface area contributed by atoms with Crippen LogP contribution in [0, 0.1) is 0 Å². The normalized spacial score (nSPS) is 18.0. The first-order valence-electron chi connectivity index (χ1n) is 10.3. The number of allylic oxidation sites excluding steroid dienone is 4. The highest BCUT2D eigenvalue weighted by molar-refractivity contribution is 8.01. The number of rotatable bonds is 5. The largest absolute Gasteiger partial charge is 0.508 e. The van der Waals surface area contributed by atoms with Crippen molar-refractivity contribution in [3.63, 3.8) is 0 Å². The fourth-order valence-corrected chi connectivity index (χ4v) is 4.73. The smallest absolute Gasteiger partial charge is 0.246 e. The van der Waals surface area contributed by atoms with Gasteiger partial charge in [-0.3, -0.25) is 9.78 Å². The van der Waals surface area contributed by atoms with E-state index in [-0.39, 0.29) is 34.4 Å². The Bertz CT molecular complexity index is 1230. The molecular formula is C24H22ClFN4O2S. The maximum absolute atomic E-state index is 15.6. The molecule has 2 aliphatic rings. The number of hydrogen-bond donors (Lipinski definition) is 1. The van der Waals surface area contributed by atoms with Gasteiger partial charge in [-0.05, 0) is 23.8 Å². The van der Waals surface area contributed by atoms with Gasteiger partial charge in [0.25, 0.3) is 0 Å². The van der Waals surface area contributed by atoms with Gasteiger partial charge in [-0.15, -0.1) is 0 Å². The number of carbonyl (C=O) groups is 1. The predicted molar refractivity (Wildman–Crippen MR) is 133 cm³/mol. The molecule has 1 amide bonds. The van der Waals surface area contributed by atoms with Crippen molar-refractivity contribution in [2.24, 2.45) is 4.40 Å². The molecule has 9 heteroatoms. The van der Waals surface area contributed by atoms with Gasteiger partial charge in [0.05, 0.1) is 16.3 Å². The van der Waals surface area contributed by atoms with E-state index in [2.05, 4.69) is 22.5 Å². The quantitative estimate of drug-likeness (QED) is 0.475. The van der Waals surface area contributed by atoms with Crippen molar-refractivity contribution >= 4 is 51.6 Å². The number of amides is 1. The zero-order valence-corrected chi connectivity index (χ0v) is 19.4. The van der Waals surface area contributed by atoms with Crippen molar-refractivity contribution in [2.45, 2.75) is 6.42 Å². The molecule has 1 aromatic carbocycles. The minimum atomic E-state index is -0.542. The van der Waals surface area contributed by atoms with Gasteiger partial charge < -0.3 is 14.9 Å². The molecule has 1 aliphatic carbocycles. The van der Waals surface area contributed by atoms with Crippen LogP contribution in [0.3, 0.4) is 0 Å². The van der Waals surface area contributed by atoms with Crippen molar-refractivity contribution in [2.75, 3.05) is 26.2 Å². The van der Waals surface area contributed by atoms with Gasteiger partial charge in [0.15, 0.2) is 5.83 Å². The standard InChI is InChI=1S/C24H22ClFN4O2S/c1-3-22(32)30-11-9-29(10-12-30)15(2)33-28-20-7-6-19(25)23(24(20)26)18-13-16(31)14-21-17(18)5-4-8-27-21/h3-6,8,13-14,31H,1-2,7,9-12H2/b28-20+. The van der Waals surface area contributed by atoms with Gasteiger partial charge >= 0.3 is 0 Å². The van der Waals surface area contributed by atoms with Crippen LogP contribution < -0.4 is 0 Å². The molecule has 1 aliphatic heterocycles. The number of halogens is 2. The van der Waals surface area contributed by atoms with E-state index in [0.29, 0.717) is 47.7 Å². The fourth-order valence-electron chi connectivity index (χ4n) is 3.80. The second kappa shape index (κ2) is 9.80. The Kier molecular flexibility index (Phi) is 6.85. The first-order valence-corrected chi connectivity index (χ1v) is 11.5. The lowest BCUT2D eigenvalue weighted by Crippen LogP contribution is -2.47. The molecular weight excluding hydrogens is 463 g/mol. The maximum Gasteiger partial charge on any atom is 0.246 e. The first kappa shape index (κ1) is 23.1. The summed E-state index contributed by atoms with van der Waals surface area (Å²) in [7, 11) is 0. The molecule has 1 N–H and O–H groups in total. The average molecular weight is 485 g/mol. The van der Waals surface area contributed by atoms with Crippen molar-refractivity contribution < 1.29 is 14.3 Å². The zero-order valence-electron chi connectivity index (χ0n) is 17.8. The van der Waals surface area contributed by atoms with Crippen LogP contribution in [-0.2, 0) is 4.79 Å². The summed E-state index contributed by atoms with van der Waals surface area (Å²) in [6.45, 7) is 9.95. The SMILES string of the molecule is C=CC(=O)N1CCN(C(=C)S/N=C2\CC=C(Cl)C(c3cc(O)cc4ncccc34)=C2F)CC1. The lowest BCUT2D eigenvalue weighted by molar-refractivity contribution is -0.127. The van der Waals surface area contributed by atoms with E-state index in [4.69, 9.17) is 11.6 Å². The monoisotopic (exact) mass is 484 g/mol. The number of pyridine rings is 1. The second-order valence-electron chi connectivity index (χ2n) is 7.55. The van der Waals surface area contributed by atoms with E-state index in [0.717, 1.165) is 11.9 Å². The predicted octanol–water partition coefficient (Wildman–Crippen LogP) is 5.04. The van der Waals surface area contributed by atoms with Crippen LogP contribution >= 0.6 is 23.5 Å². The third-order valence-electron chi connectivity index (χ3n) is 5.54. The summed E-state index contributed by atoms with van der Waals surface area (Å²) in [5.41, 5.74) is 1.41. The van der Waals surface area contributed by atoms with E-state index >= 15 is 4.39 Å². The molecule has 0 atom stereocenters. The minimum Gasteiger partial charge on any atom is -0.508 e. The van der Waals surface area contributed by atoms with E-state index in [1.54, 1.807) is 29.3 Å². The van der Waals surface area contributed by atoms with E-state index < -0.39 is 5.83 Å². The third-order valence-corrected chi connectivity index (χ3v) is 6.66. The Hall–Kier alpha value is -3.10. The van der Waals surface area contributed by atoms with Gasteiger partial charge in [0.2, 0.25) is 5.91 Å². The van der Waals surface area contributed by atoms with E-state index in [1.165, 1.54) is 18.2 Å². The lowest BCUT2D eigenvalue weighted by atomic mass is 9.94. The van der Waals surface area contributed by atoms with Crippen LogP contribution in [-0.4, -0.2) is 57.7 Å². The highest BCUT2D eigenvalue weighted by Gasteiger charge is 2.25. The number of carbonyl (C=O) groups excluding carboxylic acids is 1. The number of hydrogen-bond acceptors (Lipinski definition) is 6. The molecule has 0 saturated carbocycles. The molecule has 4 rings (SSSR count). The molecule has 2 heterocycles. The Morgan fingerprint density at radius 3 is 2.73 bits per heavy atom. The first-order chi connectivity index (χ1) is 15.9. The number of aromatic hydroxyl groups is 1. The van der Waals surface area contributed by atoms with Crippen molar-refractivity contribution in [3.8, 4) is 5.75 Å². The van der Waals surface area contributed by atoms with E-state index in [1.807, 2.05) is 4.90 Å². The summed E-state index contributed by atoms with van der Waals surface area (Å²) in [6.07, 6.45) is 4.86. The molecule has 33 heavy (non-hydrogen) atoms. The molecule has 170 valence electrons. The molecule has 0 spiro atoms. The van der Waals surface area contributed by atoms with E-state index in [9.17, 15) is 9.90 Å². The Balaban J connectivity index is 1.56. The molecule has 6 nitrogen and oxygen atoms in total. The van der Waals surface area contributed by atoms with Crippen LogP contribution in [0.1, 0.15) is 12.0 Å². The van der Waals surface area contributed by atoms with Gasteiger partial charge in [0.1, 0.15) is 5.75 Å². The highest BCUT2D eigenvalue weighted by Crippen LogP contribution is 2.40. The number of phenols is 1. The molecule has 0 bridgehead atoms. The molecule has 1 aromatic heterocycles. The topological polar surface area (TPSA) is 69.0 Å². The number of benzene rings is 1. The molecule has 0 radical (unpaired) electrons. The zero-order chi connectivity index (χ0) is 23.5. The second-order valence-corrected chi connectivity index (χ2v) is 8.79. The van der Waals surface area contributed by atoms with Crippen LogP contribution in [0.25, 0.3) is 16.5 Å². The van der Waals surface area contributed by atoms with Crippen molar-refractivity contribution in [3.05, 3.63) is 77.2 Å². The number of piperazine rings is 1. The van der Waals surface area contributed by atoms with Gasteiger partial charge in [0, 0.05) is 72.8 Å². The van der Waals surface area contributed by atoms with Crippen molar-refractivity contribution in [1.82, 2.24) is 14.8 Å². The summed E-state index contributed by atoms with van der Waals surface area (Å²) < 4.78 is 20.0. The molecule has 1 saturated heterocycles. The Morgan fingerprint density at radius 1 is 1.27 bits per heavy atom. The van der Waals surface area contributed by atoms with Gasteiger partial charge in [-0.1, -0.05) is 36.9 Å². The number of fused-ring (bicyclic) bond motifs is 1. The Morgan fingerprint density at radius 2 is 2.00 bits per heavy atom. The highest BCUT2D eigenvalue weighted by atomic mass is 35.5. The van der Waals surface area contributed by atoms with Crippen LogP contribution in [0.15, 0.2) is 76.1 Å². The maximum atomic E-state index is 15.6. The summed E-state index contributed by atoms with van der Waals surface area (Å²) in [5, 5.41) is 11.8. The van der Waals surface area contributed by atoms with Crippen LogP contribution in [0.5, 0.6) is 5.75 Å². The van der Waals surface area contributed by atoms with Crippen LogP contribution in [0.2, 0.25) is 0 Å². The van der Waals surface area contributed by atoms with Crippen LogP contribution in [0.4, 0.5) is 4.39 Å². The fraction of sp³-hybridized carbons (Fsp3) is 0.208. The van der Waals surface area contributed by atoms with Crippen molar-refractivity contribution in [1.29, 1.82) is 0 Å². The third kappa shape index (κ3) is 4.82. The number of nitrogens with zero attached hydrogens (tertiary/aromatic N) is 4. The summed E-state index contributed by atoms with van der Waals surface area (Å²) in [4.78, 5) is 19.7. The number of phenolic OH excluding ortho intramolecular Hbond substituents is 1. The van der Waals surface area contributed by atoms with Gasteiger partial charge in [-0.25, -0.2) is 8.79 Å². The minimum absolute atomic E-state index is 0.0261. The summed E-state index contributed by atoms with van der Waals surface area (Å²) >= 11 is 7.50. The number of aromatic nitrogens is 1. The lowest BCUT2D eigenvalue weighted by Gasteiger charge is -2.35. The molecule has 0 unspecified atom stereocenters. The average Bonchev–Trinajstić information content (AvgIpc) is 2.83. The Labute approximate surface area is 200 Å².